The van der Waals surface area contributed by atoms with E-state index >= 15 is 0 Å². The van der Waals surface area contributed by atoms with Crippen molar-refractivity contribution in [2.24, 2.45) is 5.41 Å². The second-order valence-electron chi connectivity index (χ2n) is 6.75. The van der Waals surface area contributed by atoms with Gasteiger partial charge in [0.2, 0.25) is 5.91 Å². The van der Waals surface area contributed by atoms with E-state index < -0.39 is 0 Å². The van der Waals surface area contributed by atoms with E-state index in [-0.39, 0.29) is 23.3 Å². The summed E-state index contributed by atoms with van der Waals surface area (Å²) in [7, 11) is 1.66. The number of likely N-dealkylation sites (tertiary alicyclic amines) is 1. The molecule has 6 heteroatoms. The Morgan fingerprint density at radius 3 is 3.08 bits per heavy atom. The van der Waals surface area contributed by atoms with E-state index in [1.165, 1.54) is 0 Å². The maximum atomic E-state index is 12.3. The number of carbonyl (C=O) groups is 2. The topological polar surface area (TPSA) is 71.5 Å². The van der Waals surface area contributed by atoms with Crippen molar-refractivity contribution in [3.8, 4) is 0 Å². The number of nitrogens with zero attached hydrogens (tertiary/aromatic N) is 2. The van der Waals surface area contributed by atoms with Crippen LogP contribution in [0, 0.1) is 5.41 Å². The molecule has 2 fully saturated rings. The summed E-state index contributed by atoms with van der Waals surface area (Å²) in [6, 6.07) is 5.53. The maximum Gasteiger partial charge on any atom is 0.269 e. The Balaban J connectivity index is 1.68. The minimum Gasteiger partial charge on any atom is -0.383 e. The number of ether oxygens (including phenoxy) is 1. The number of piperidine rings is 1. The van der Waals surface area contributed by atoms with E-state index in [4.69, 9.17) is 4.74 Å². The van der Waals surface area contributed by atoms with Gasteiger partial charge in [-0.05, 0) is 31.4 Å². The third-order valence-electron chi connectivity index (χ3n) is 5.43. The van der Waals surface area contributed by atoms with Crippen LogP contribution in [-0.4, -0.2) is 54.5 Å². The SMILES string of the molecule is COCCN1C(=O)CC[C@]2(CNC(=O)c3ccccn3)CCC[C@@H]12. The number of fused-ring (bicyclic) bond motifs is 1. The third-order valence-corrected chi connectivity index (χ3v) is 5.43. The highest BCUT2D eigenvalue weighted by Crippen LogP contribution is 2.47. The minimum atomic E-state index is -0.143. The first-order valence-corrected chi connectivity index (χ1v) is 8.64. The summed E-state index contributed by atoms with van der Waals surface area (Å²) in [6.07, 6.45) is 6.19. The Bertz CT molecular complexity index is 592. The molecule has 0 aromatic carbocycles. The van der Waals surface area contributed by atoms with Gasteiger partial charge in [-0.1, -0.05) is 12.5 Å². The van der Waals surface area contributed by atoms with E-state index in [0.29, 0.717) is 31.8 Å². The van der Waals surface area contributed by atoms with Crippen molar-refractivity contribution < 1.29 is 14.3 Å². The van der Waals surface area contributed by atoms with Gasteiger partial charge in [0.1, 0.15) is 5.69 Å². The molecule has 1 aromatic rings. The highest BCUT2D eigenvalue weighted by atomic mass is 16.5. The van der Waals surface area contributed by atoms with Crippen LogP contribution >= 0.6 is 0 Å². The Kier molecular flexibility index (Phi) is 5.14. The van der Waals surface area contributed by atoms with Crippen LogP contribution in [0.4, 0.5) is 0 Å². The molecule has 1 N–H and O–H groups in total. The Hall–Kier alpha value is -1.95. The molecule has 2 atom stereocenters. The molecule has 24 heavy (non-hydrogen) atoms. The van der Waals surface area contributed by atoms with Crippen LogP contribution in [0.5, 0.6) is 0 Å². The fourth-order valence-electron chi connectivity index (χ4n) is 4.18. The molecule has 1 aliphatic heterocycles. The number of nitrogens with one attached hydrogen (secondary N) is 1. The summed E-state index contributed by atoms with van der Waals surface area (Å²) in [6.45, 7) is 1.79. The van der Waals surface area contributed by atoms with Crippen LogP contribution in [0.3, 0.4) is 0 Å². The van der Waals surface area contributed by atoms with Gasteiger partial charge in [-0.15, -0.1) is 0 Å². The molecule has 1 saturated heterocycles. The lowest BCUT2D eigenvalue weighted by atomic mass is 9.74. The molecule has 0 radical (unpaired) electrons. The van der Waals surface area contributed by atoms with Crippen LogP contribution in [0.1, 0.15) is 42.6 Å². The highest BCUT2D eigenvalue weighted by molar-refractivity contribution is 5.92. The van der Waals surface area contributed by atoms with Crippen LogP contribution in [0.25, 0.3) is 0 Å². The Labute approximate surface area is 142 Å². The number of pyridine rings is 1. The standard InChI is InChI=1S/C18H25N3O3/c1-24-12-11-21-15-6-4-8-18(15,9-7-16(21)22)13-20-17(23)14-5-2-3-10-19-14/h2-3,5,10,15H,4,6-9,11-13H2,1H3,(H,20,23)/t15-,18+/m1/s1. The number of rotatable bonds is 6. The third kappa shape index (κ3) is 3.29. The molecular weight excluding hydrogens is 306 g/mol. The lowest BCUT2D eigenvalue weighted by molar-refractivity contribution is -0.142. The molecule has 3 rings (SSSR count). The molecule has 130 valence electrons. The van der Waals surface area contributed by atoms with Crippen LogP contribution < -0.4 is 5.32 Å². The highest BCUT2D eigenvalue weighted by Gasteiger charge is 2.50. The summed E-state index contributed by atoms with van der Waals surface area (Å²) in [4.78, 5) is 30.7. The predicted molar refractivity (Wildman–Crippen MR) is 89.5 cm³/mol. The van der Waals surface area contributed by atoms with Crippen molar-refractivity contribution in [3.05, 3.63) is 30.1 Å². The molecule has 2 aliphatic rings. The molecule has 1 aromatic heterocycles. The van der Waals surface area contributed by atoms with E-state index in [1.54, 1.807) is 25.4 Å². The van der Waals surface area contributed by atoms with Gasteiger partial charge in [-0.2, -0.15) is 0 Å². The molecule has 0 bridgehead atoms. The van der Waals surface area contributed by atoms with Gasteiger partial charge in [0.15, 0.2) is 0 Å². The quantitative estimate of drug-likeness (QED) is 0.860. The van der Waals surface area contributed by atoms with Gasteiger partial charge >= 0.3 is 0 Å². The average Bonchev–Trinajstić information content (AvgIpc) is 3.04. The average molecular weight is 331 g/mol. The van der Waals surface area contributed by atoms with Crippen LogP contribution in [-0.2, 0) is 9.53 Å². The van der Waals surface area contributed by atoms with Crippen molar-refractivity contribution in [2.45, 2.75) is 38.1 Å². The Morgan fingerprint density at radius 1 is 1.46 bits per heavy atom. The van der Waals surface area contributed by atoms with Crippen LogP contribution in [0.2, 0.25) is 0 Å². The summed E-state index contributed by atoms with van der Waals surface area (Å²) in [5.74, 6) is 0.0709. The summed E-state index contributed by atoms with van der Waals surface area (Å²) in [5.41, 5.74) is 0.429. The van der Waals surface area contributed by atoms with Gasteiger partial charge in [-0.3, -0.25) is 14.6 Å². The van der Waals surface area contributed by atoms with Crippen molar-refractivity contribution >= 4 is 11.8 Å². The largest absolute Gasteiger partial charge is 0.383 e. The van der Waals surface area contributed by atoms with Crippen LogP contribution in [0.15, 0.2) is 24.4 Å². The molecule has 1 aliphatic carbocycles. The van der Waals surface area contributed by atoms with E-state index in [1.807, 2.05) is 11.0 Å². The first kappa shape index (κ1) is 16.9. The van der Waals surface area contributed by atoms with Gasteiger partial charge in [-0.25, -0.2) is 0 Å². The summed E-state index contributed by atoms with van der Waals surface area (Å²) in [5, 5.41) is 3.05. The zero-order valence-electron chi connectivity index (χ0n) is 14.2. The fourth-order valence-corrected chi connectivity index (χ4v) is 4.18. The van der Waals surface area contributed by atoms with E-state index in [2.05, 4.69) is 10.3 Å². The molecule has 1 saturated carbocycles. The van der Waals surface area contributed by atoms with Crippen molar-refractivity contribution in [3.63, 3.8) is 0 Å². The maximum absolute atomic E-state index is 12.3. The van der Waals surface area contributed by atoms with Gasteiger partial charge < -0.3 is 15.0 Å². The van der Waals surface area contributed by atoms with E-state index in [9.17, 15) is 9.59 Å². The second-order valence-corrected chi connectivity index (χ2v) is 6.75. The number of hydrogen-bond donors (Lipinski definition) is 1. The zero-order chi connectivity index (χ0) is 17.0. The molecule has 2 amide bonds. The fraction of sp³-hybridized carbons (Fsp3) is 0.611. The predicted octanol–water partition coefficient (Wildman–Crippen LogP) is 1.62. The first-order chi connectivity index (χ1) is 11.7. The second kappa shape index (κ2) is 7.30. The normalized spacial score (nSPS) is 26.3. The molecule has 6 nitrogen and oxygen atoms in total. The first-order valence-electron chi connectivity index (χ1n) is 8.64. The number of carbonyl (C=O) groups excluding carboxylic acids is 2. The van der Waals surface area contributed by atoms with Crippen molar-refractivity contribution in [2.75, 3.05) is 26.8 Å². The molecule has 0 unspecified atom stereocenters. The van der Waals surface area contributed by atoms with Crippen molar-refractivity contribution in [1.29, 1.82) is 0 Å². The number of methoxy groups -OCH3 is 1. The zero-order valence-corrected chi connectivity index (χ0v) is 14.2. The molecular formula is C18H25N3O3. The lowest BCUT2D eigenvalue weighted by Crippen LogP contribution is -2.56. The molecule has 2 heterocycles. The summed E-state index contributed by atoms with van der Waals surface area (Å²) >= 11 is 0. The van der Waals surface area contributed by atoms with Crippen molar-refractivity contribution in [1.82, 2.24) is 15.2 Å². The number of amides is 2. The van der Waals surface area contributed by atoms with Gasteiger partial charge in [0.05, 0.1) is 6.61 Å². The number of aromatic nitrogens is 1. The van der Waals surface area contributed by atoms with Gasteiger partial charge in [0, 0.05) is 44.3 Å². The smallest absolute Gasteiger partial charge is 0.269 e. The van der Waals surface area contributed by atoms with E-state index in [0.717, 1.165) is 25.7 Å². The summed E-state index contributed by atoms with van der Waals surface area (Å²) < 4.78 is 5.16. The minimum absolute atomic E-state index is 0.00785. The Morgan fingerprint density at radius 2 is 2.33 bits per heavy atom. The monoisotopic (exact) mass is 331 g/mol. The van der Waals surface area contributed by atoms with Gasteiger partial charge in [0.25, 0.3) is 5.91 Å². The number of hydrogen-bond acceptors (Lipinski definition) is 4. The molecule has 0 spiro atoms. The lowest BCUT2D eigenvalue weighted by Gasteiger charge is -2.46.